The minimum atomic E-state index is 0.395. The van der Waals surface area contributed by atoms with Crippen LogP contribution in [0.15, 0.2) is 91.1 Å². The van der Waals surface area contributed by atoms with Gasteiger partial charge in [0.1, 0.15) is 0 Å². The lowest BCUT2D eigenvalue weighted by molar-refractivity contribution is 0.169. The molecule has 0 amide bonds. The summed E-state index contributed by atoms with van der Waals surface area (Å²) in [5, 5.41) is 0. The molecule has 0 N–H and O–H groups in total. The first kappa shape index (κ1) is 20.4. The first-order valence-electron chi connectivity index (χ1n) is 10.6. The Kier molecular flexibility index (Phi) is 6.39. The Hall–Kier alpha value is -2.34. The summed E-state index contributed by atoms with van der Waals surface area (Å²) in [5.74, 6) is 2.06. The Morgan fingerprint density at radius 3 is 2.25 bits per heavy atom. The number of rotatable bonds is 8. The van der Waals surface area contributed by atoms with E-state index in [4.69, 9.17) is 0 Å². The molecule has 1 aliphatic rings. The predicted molar refractivity (Wildman–Crippen MR) is 123 cm³/mol. The average molecular weight is 371 g/mol. The molecule has 0 heteroatoms. The second-order valence-corrected chi connectivity index (χ2v) is 8.46. The number of hydrogen-bond donors (Lipinski definition) is 0. The van der Waals surface area contributed by atoms with Crippen LogP contribution < -0.4 is 0 Å². The molecule has 0 heterocycles. The van der Waals surface area contributed by atoms with Crippen LogP contribution >= 0.6 is 0 Å². The van der Waals surface area contributed by atoms with Crippen LogP contribution in [0.5, 0.6) is 0 Å². The maximum absolute atomic E-state index is 4.50. The highest BCUT2D eigenvalue weighted by Crippen LogP contribution is 2.56. The summed E-state index contributed by atoms with van der Waals surface area (Å²) in [6.45, 7) is 20.1. The minimum absolute atomic E-state index is 0.395. The van der Waals surface area contributed by atoms with Crippen molar-refractivity contribution in [3.05, 3.63) is 108 Å². The molecule has 4 unspecified atom stereocenters. The van der Waals surface area contributed by atoms with E-state index in [0.717, 1.165) is 19.3 Å². The van der Waals surface area contributed by atoms with Crippen LogP contribution in [-0.2, 0) is 6.42 Å². The van der Waals surface area contributed by atoms with Gasteiger partial charge in [0.25, 0.3) is 0 Å². The van der Waals surface area contributed by atoms with Gasteiger partial charge < -0.3 is 0 Å². The van der Waals surface area contributed by atoms with E-state index in [-0.39, 0.29) is 0 Å². The van der Waals surface area contributed by atoms with Gasteiger partial charge in [-0.3, -0.25) is 0 Å². The van der Waals surface area contributed by atoms with Crippen molar-refractivity contribution in [3.63, 3.8) is 0 Å². The standard InChI is InChI=1S/C28H34/c1-7-26-27(23(6)28(26)22(5)25-11-9-8-10-12-25)21(4)20(3)15-18-24-16-13-19(2)14-17-24/h8-14,16-17,22,26-28H,3-4,6-7,15,18H2,1-2,5H3. The molecule has 0 nitrogen and oxygen atoms in total. The van der Waals surface area contributed by atoms with Crippen molar-refractivity contribution in [3.8, 4) is 0 Å². The van der Waals surface area contributed by atoms with Gasteiger partial charge in [-0.2, -0.15) is 0 Å². The molecular formula is C28H34. The Morgan fingerprint density at radius 2 is 1.64 bits per heavy atom. The fraction of sp³-hybridized carbons (Fsp3) is 0.357. The van der Waals surface area contributed by atoms with E-state index in [1.165, 1.54) is 33.4 Å². The molecule has 2 aromatic rings. The summed E-state index contributed by atoms with van der Waals surface area (Å²) >= 11 is 0. The fourth-order valence-corrected chi connectivity index (χ4v) is 4.90. The highest BCUT2D eigenvalue weighted by atomic mass is 14.5. The number of aryl methyl sites for hydroxylation is 2. The van der Waals surface area contributed by atoms with E-state index in [1.807, 2.05) is 0 Å². The molecule has 4 atom stereocenters. The summed E-state index contributed by atoms with van der Waals surface area (Å²) in [6.07, 6.45) is 3.16. The van der Waals surface area contributed by atoms with Gasteiger partial charge in [0.05, 0.1) is 0 Å². The largest absolute Gasteiger partial charge is 0.0989 e. The van der Waals surface area contributed by atoms with E-state index in [2.05, 4.69) is 95.1 Å². The zero-order chi connectivity index (χ0) is 20.3. The summed E-state index contributed by atoms with van der Waals surface area (Å²) in [7, 11) is 0. The van der Waals surface area contributed by atoms with E-state index in [0.29, 0.717) is 23.7 Å². The van der Waals surface area contributed by atoms with Crippen molar-refractivity contribution >= 4 is 0 Å². The van der Waals surface area contributed by atoms with Crippen molar-refractivity contribution in [1.29, 1.82) is 0 Å². The molecule has 28 heavy (non-hydrogen) atoms. The van der Waals surface area contributed by atoms with Gasteiger partial charge in [0.2, 0.25) is 0 Å². The van der Waals surface area contributed by atoms with Gasteiger partial charge in [0.15, 0.2) is 0 Å². The number of allylic oxidation sites excluding steroid dienone is 3. The highest BCUT2D eigenvalue weighted by molar-refractivity contribution is 5.42. The lowest BCUT2D eigenvalue weighted by Gasteiger charge is -2.51. The minimum Gasteiger partial charge on any atom is -0.0989 e. The molecule has 146 valence electrons. The first-order chi connectivity index (χ1) is 13.4. The Bertz CT molecular complexity index is 837. The summed E-state index contributed by atoms with van der Waals surface area (Å²) in [6, 6.07) is 19.7. The normalized spacial score (nSPS) is 22.4. The van der Waals surface area contributed by atoms with Crippen molar-refractivity contribution in [2.24, 2.45) is 17.8 Å². The monoisotopic (exact) mass is 370 g/mol. The fourth-order valence-electron chi connectivity index (χ4n) is 4.90. The molecule has 3 rings (SSSR count). The maximum Gasteiger partial charge on any atom is 0.00793 e. The van der Waals surface area contributed by atoms with Gasteiger partial charge in [-0.25, -0.2) is 0 Å². The van der Waals surface area contributed by atoms with Gasteiger partial charge in [-0.05, 0) is 54.2 Å². The van der Waals surface area contributed by atoms with Crippen molar-refractivity contribution < 1.29 is 0 Å². The molecule has 1 fully saturated rings. The second kappa shape index (κ2) is 8.78. The van der Waals surface area contributed by atoms with E-state index in [1.54, 1.807) is 0 Å². The third kappa shape index (κ3) is 4.07. The molecule has 0 radical (unpaired) electrons. The van der Waals surface area contributed by atoms with Crippen LogP contribution in [-0.4, -0.2) is 0 Å². The third-order valence-electron chi connectivity index (χ3n) is 6.72. The topological polar surface area (TPSA) is 0 Å². The van der Waals surface area contributed by atoms with Crippen LogP contribution in [0.3, 0.4) is 0 Å². The molecule has 1 aliphatic carbocycles. The molecular weight excluding hydrogens is 336 g/mol. The molecule has 0 bridgehead atoms. The van der Waals surface area contributed by atoms with Gasteiger partial charge in [0, 0.05) is 5.92 Å². The Labute approximate surface area is 171 Å². The van der Waals surface area contributed by atoms with E-state index in [9.17, 15) is 0 Å². The van der Waals surface area contributed by atoms with Crippen molar-refractivity contribution in [1.82, 2.24) is 0 Å². The summed E-state index contributed by atoms with van der Waals surface area (Å²) in [5.41, 5.74) is 7.84. The predicted octanol–water partition coefficient (Wildman–Crippen LogP) is 7.67. The number of benzene rings is 2. The first-order valence-corrected chi connectivity index (χ1v) is 10.6. The zero-order valence-corrected chi connectivity index (χ0v) is 17.7. The number of hydrogen-bond acceptors (Lipinski definition) is 0. The van der Waals surface area contributed by atoms with Crippen LogP contribution in [0.1, 0.15) is 49.3 Å². The summed E-state index contributed by atoms with van der Waals surface area (Å²) < 4.78 is 0. The molecule has 0 aliphatic heterocycles. The van der Waals surface area contributed by atoms with Crippen LogP contribution in [0, 0.1) is 24.7 Å². The smallest absolute Gasteiger partial charge is 0.00793 e. The quantitative estimate of drug-likeness (QED) is 0.330. The summed E-state index contributed by atoms with van der Waals surface area (Å²) in [4.78, 5) is 0. The van der Waals surface area contributed by atoms with E-state index < -0.39 is 0 Å². The second-order valence-electron chi connectivity index (χ2n) is 8.46. The van der Waals surface area contributed by atoms with Crippen molar-refractivity contribution in [2.45, 2.75) is 46.0 Å². The average Bonchev–Trinajstić information content (AvgIpc) is 2.71. The van der Waals surface area contributed by atoms with E-state index >= 15 is 0 Å². The molecule has 1 saturated carbocycles. The highest BCUT2D eigenvalue weighted by Gasteiger charge is 2.47. The molecule has 2 aromatic carbocycles. The lowest BCUT2D eigenvalue weighted by atomic mass is 9.53. The van der Waals surface area contributed by atoms with Crippen LogP contribution in [0.4, 0.5) is 0 Å². The Morgan fingerprint density at radius 1 is 1.00 bits per heavy atom. The van der Waals surface area contributed by atoms with Gasteiger partial charge in [-0.1, -0.05) is 111 Å². The zero-order valence-electron chi connectivity index (χ0n) is 17.7. The third-order valence-corrected chi connectivity index (χ3v) is 6.72. The molecule has 0 spiro atoms. The van der Waals surface area contributed by atoms with Gasteiger partial charge in [-0.15, -0.1) is 0 Å². The Balaban J connectivity index is 1.64. The van der Waals surface area contributed by atoms with Crippen molar-refractivity contribution in [2.75, 3.05) is 0 Å². The van der Waals surface area contributed by atoms with Crippen LogP contribution in [0.2, 0.25) is 0 Å². The molecule has 0 aromatic heterocycles. The van der Waals surface area contributed by atoms with Crippen LogP contribution in [0.25, 0.3) is 0 Å². The lowest BCUT2D eigenvalue weighted by Crippen LogP contribution is -2.42. The SMILES string of the molecule is C=C(CCc1ccc(C)cc1)C(=C)C1C(=C)C(C(C)c2ccccc2)C1CC. The molecule has 0 saturated heterocycles. The van der Waals surface area contributed by atoms with Gasteiger partial charge >= 0.3 is 0 Å². The maximum atomic E-state index is 4.50.